The van der Waals surface area contributed by atoms with Gasteiger partial charge in [0.2, 0.25) is 5.91 Å². The van der Waals surface area contributed by atoms with Crippen LogP contribution >= 0.6 is 24.8 Å². The maximum atomic E-state index is 11.9. The molecule has 1 aromatic rings. The summed E-state index contributed by atoms with van der Waals surface area (Å²) in [5.41, 5.74) is 8.45. The van der Waals surface area contributed by atoms with Crippen LogP contribution in [-0.4, -0.2) is 36.0 Å². The number of amides is 1. The van der Waals surface area contributed by atoms with Gasteiger partial charge in [-0.3, -0.25) is 9.69 Å². The van der Waals surface area contributed by atoms with E-state index < -0.39 is 0 Å². The number of hydrogen-bond donors (Lipinski definition) is 2. The van der Waals surface area contributed by atoms with Crippen LogP contribution in [0.1, 0.15) is 43.7 Å². The first kappa shape index (κ1) is 23.2. The monoisotopic (exact) mass is 375 g/mol. The number of nitrogens with zero attached hydrogens (tertiary/aromatic N) is 1. The number of hydrogen-bond acceptors (Lipinski definition) is 3. The second-order valence-corrected chi connectivity index (χ2v) is 6.56. The van der Waals surface area contributed by atoms with Gasteiger partial charge in [-0.1, -0.05) is 24.3 Å². The molecule has 1 saturated heterocycles. The van der Waals surface area contributed by atoms with Gasteiger partial charge < -0.3 is 11.1 Å². The van der Waals surface area contributed by atoms with Crippen LogP contribution in [0, 0.1) is 6.92 Å². The summed E-state index contributed by atoms with van der Waals surface area (Å²) < 4.78 is 0. The fourth-order valence-corrected chi connectivity index (χ4v) is 2.92. The molecule has 1 atom stereocenters. The van der Waals surface area contributed by atoms with E-state index in [1.807, 2.05) is 6.92 Å². The van der Waals surface area contributed by atoms with Gasteiger partial charge in [-0.15, -0.1) is 24.8 Å². The molecule has 3 N–H and O–H groups in total. The molecular weight excluding hydrogens is 345 g/mol. The Kier molecular flexibility index (Phi) is 11.3. The zero-order valence-electron chi connectivity index (χ0n) is 14.7. The van der Waals surface area contributed by atoms with Gasteiger partial charge in [-0.2, -0.15) is 0 Å². The summed E-state index contributed by atoms with van der Waals surface area (Å²) in [6.07, 6.45) is 3.38. The van der Waals surface area contributed by atoms with E-state index >= 15 is 0 Å². The third kappa shape index (κ3) is 7.84. The van der Waals surface area contributed by atoms with E-state index in [9.17, 15) is 4.79 Å². The lowest BCUT2D eigenvalue weighted by Gasteiger charge is -2.32. The van der Waals surface area contributed by atoms with Gasteiger partial charge in [-0.05, 0) is 44.2 Å². The van der Waals surface area contributed by atoms with Crippen molar-refractivity contribution in [1.29, 1.82) is 0 Å². The average Bonchev–Trinajstić information content (AvgIpc) is 2.49. The van der Waals surface area contributed by atoms with Crippen molar-refractivity contribution < 1.29 is 4.79 Å². The molecule has 138 valence electrons. The standard InChI is InChI=1S/C18H29N3O.2ClH/c1-14-5-3-4-6-16(14)13-21-11-9-17(10-12-21)20-18(22)8-7-15(2)19;;/h3-6,15,17H,7-13,19H2,1-2H3,(H,20,22);2*1H. The minimum absolute atomic E-state index is 0. The molecular formula is C18H31Cl2N3O. The predicted molar refractivity (Wildman–Crippen MR) is 105 cm³/mol. The molecule has 1 heterocycles. The number of rotatable bonds is 6. The number of halogens is 2. The van der Waals surface area contributed by atoms with Gasteiger partial charge in [0.15, 0.2) is 0 Å². The SMILES string of the molecule is Cc1ccccc1CN1CCC(NC(=O)CCC(C)N)CC1.Cl.Cl. The van der Waals surface area contributed by atoms with Crippen molar-refractivity contribution in [2.45, 2.75) is 58.2 Å². The Balaban J connectivity index is 0.00000264. The molecule has 24 heavy (non-hydrogen) atoms. The first-order chi connectivity index (χ1) is 10.5. The summed E-state index contributed by atoms with van der Waals surface area (Å²) in [7, 11) is 0. The third-order valence-corrected chi connectivity index (χ3v) is 4.43. The van der Waals surface area contributed by atoms with Gasteiger partial charge in [-0.25, -0.2) is 0 Å². The molecule has 1 amide bonds. The zero-order valence-corrected chi connectivity index (χ0v) is 16.3. The Labute approximate surface area is 158 Å². The molecule has 1 aromatic carbocycles. The van der Waals surface area contributed by atoms with E-state index in [0.29, 0.717) is 12.5 Å². The summed E-state index contributed by atoms with van der Waals surface area (Å²) in [4.78, 5) is 14.3. The highest BCUT2D eigenvalue weighted by Crippen LogP contribution is 2.16. The van der Waals surface area contributed by atoms with Crippen molar-refractivity contribution in [3.05, 3.63) is 35.4 Å². The highest BCUT2D eigenvalue weighted by atomic mass is 35.5. The maximum absolute atomic E-state index is 11.9. The van der Waals surface area contributed by atoms with E-state index in [1.165, 1.54) is 11.1 Å². The van der Waals surface area contributed by atoms with Crippen LogP contribution in [0.5, 0.6) is 0 Å². The second-order valence-electron chi connectivity index (χ2n) is 6.56. The van der Waals surface area contributed by atoms with Crippen molar-refractivity contribution in [1.82, 2.24) is 10.2 Å². The van der Waals surface area contributed by atoms with Crippen LogP contribution in [0.25, 0.3) is 0 Å². The van der Waals surface area contributed by atoms with Crippen molar-refractivity contribution in [3.8, 4) is 0 Å². The number of benzene rings is 1. The van der Waals surface area contributed by atoms with Crippen molar-refractivity contribution in [3.63, 3.8) is 0 Å². The Morgan fingerprint density at radius 3 is 2.50 bits per heavy atom. The molecule has 0 aliphatic carbocycles. The van der Waals surface area contributed by atoms with E-state index in [1.54, 1.807) is 0 Å². The minimum atomic E-state index is 0. The molecule has 0 bridgehead atoms. The molecule has 1 aliphatic rings. The van der Waals surface area contributed by atoms with E-state index in [4.69, 9.17) is 5.73 Å². The van der Waals surface area contributed by atoms with E-state index in [2.05, 4.69) is 41.4 Å². The van der Waals surface area contributed by atoms with Crippen LogP contribution in [0.4, 0.5) is 0 Å². The lowest BCUT2D eigenvalue weighted by atomic mass is 10.0. The van der Waals surface area contributed by atoms with Crippen molar-refractivity contribution in [2.24, 2.45) is 5.73 Å². The summed E-state index contributed by atoms with van der Waals surface area (Å²) in [5.74, 6) is 0.148. The molecule has 1 aliphatic heterocycles. The topological polar surface area (TPSA) is 58.4 Å². The Hall–Kier alpha value is -0.810. The largest absolute Gasteiger partial charge is 0.353 e. The van der Waals surface area contributed by atoms with Crippen LogP contribution in [0.15, 0.2) is 24.3 Å². The van der Waals surface area contributed by atoms with Crippen LogP contribution in [0.3, 0.4) is 0 Å². The lowest BCUT2D eigenvalue weighted by Crippen LogP contribution is -2.44. The predicted octanol–water partition coefficient (Wildman–Crippen LogP) is 3.05. The fraction of sp³-hybridized carbons (Fsp3) is 0.611. The minimum Gasteiger partial charge on any atom is -0.353 e. The molecule has 0 spiro atoms. The van der Waals surface area contributed by atoms with Gasteiger partial charge in [0.1, 0.15) is 0 Å². The van der Waals surface area contributed by atoms with Crippen LogP contribution in [-0.2, 0) is 11.3 Å². The highest BCUT2D eigenvalue weighted by Gasteiger charge is 2.20. The van der Waals surface area contributed by atoms with Crippen molar-refractivity contribution >= 4 is 30.7 Å². The third-order valence-electron chi connectivity index (χ3n) is 4.43. The van der Waals surface area contributed by atoms with Crippen LogP contribution < -0.4 is 11.1 Å². The molecule has 2 rings (SSSR count). The second kappa shape index (κ2) is 11.7. The van der Waals surface area contributed by atoms with Gasteiger partial charge in [0, 0.05) is 38.1 Å². The Morgan fingerprint density at radius 1 is 1.29 bits per heavy atom. The lowest BCUT2D eigenvalue weighted by molar-refractivity contribution is -0.122. The average molecular weight is 376 g/mol. The number of likely N-dealkylation sites (tertiary alicyclic amines) is 1. The molecule has 0 aromatic heterocycles. The summed E-state index contributed by atoms with van der Waals surface area (Å²) in [6, 6.07) is 8.99. The normalized spacial score (nSPS) is 16.6. The smallest absolute Gasteiger partial charge is 0.220 e. The van der Waals surface area contributed by atoms with Crippen molar-refractivity contribution in [2.75, 3.05) is 13.1 Å². The number of carbonyl (C=O) groups is 1. The zero-order chi connectivity index (χ0) is 15.9. The quantitative estimate of drug-likeness (QED) is 0.802. The molecule has 0 radical (unpaired) electrons. The summed E-state index contributed by atoms with van der Waals surface area (Å²) in [5, 5.41) is 3.15. The van der Waals surface area contributed by atoms with Gasteiger partial charge >= 0.3 is 0 Å². The van der Waals surface area contributed by atoms with Gasteiger partial charge in [0.25, 0.3) is 0 Å². The van der Waals surface area contributed by atoms with E-state index in [-0.39, 0.29) is 36.8 Å². The molecule has 0 saturated carbocycles. The summed E-state index contributed by atoms with van der Waals surface area (Å²) in [6.45, 7) is 7.22. The molecule has 4 nitrogen and oxygen atoms in total. The molecule has 1 unspecified atom stereocenters. The first-order valence-corrected chi connectivity index (χ1v) is 8.36. The Bertz CT molecular complexity index is 489. The number of nitrogens with two attached hydrogens (primary N) is 1. The number of aryl methyl sites for hydroxylation is 1. The number of carbonyl (C=O) groups excluding carboxylic acids is 1. The first-order valence-electron chi connectivity index (χ1n) is 8.36. The van der Waals surface area contributed by atoms with E-state index in [0.717, 1.165) is 38.9 Å². The molecule has 6 heteroatoms. The Morgan fingerprint density at radius 2 is 1.92 bits per heavy atom. The number of nitrogens with one attached hydrogen (secondary N) is 1. The highest BCUT2D eigenvalue weighted by molar-refractivity contribution is 5.85. The summed E-state index contributed by atoms with van der Waals surface area (Å²) >= 11 is 0. The van der Waals surface area contributed by atoms with Crippen LogP contribution in [0.2, 0.25) is 0 Å². The maximum Gasteiger partial charge on any atom is 0.220 e. The fourth-order valence-electron chi connectivity index (χ4n) is 2.92. The number of piperidine rings is 1. The molecule has 1 fully saturated rings. The van der Waals surface area contributed by atoms with Gasteiger partial charge in [0.05, 0.1) is 0 Å².